The molecule has 0 bridgehead atoms. The van der Waals surface area contributed by atoms with Crippen LogP contribution in [-0.2, 0) is 13.1 Å². The van der Waals surface area contributed by atoms with Gasteiger partial charge in [-0.3, -0.25) is 4.90 Å². The molecule has 1 aromatic heterocycles. The lowest BCUT2D eigenvalue weighted by Crippen LogP contribution is -2.24. The zero-order chi connectivity index (χ0) is 13.2. The average Bonchev–Trinajstić information content (AvgIpc) is 2.78. The zero-order valence-corrected chi connectivity index (χ0v) is 12.4. The van der Waals surface area contributed by atoms with Crippen LogP contribution in [0.3, 0.4) is 0 Å². The van der Waals surface area contributed by atoms with Crippen molar-refractivity contribution in [1.29, 1.82) is 0 Å². The quantitative estimate of drug-likeness (QED) is 0.522. The normalized spacial score (nSPS) is 11.1. The Balaban J connectivity index is 2.43. The second-order valence-corrected chi connectivity index (χ2v) is 5.38. The molecule has 1 heterocycles. The first-order chi connectivity index (χ1) is 8.80. The van der Waals surface area contributed by atoms with Gasteiger partial charge in [-0.2, -0.15) is 0 Å². The predicted octanol–water partition coefficient (Wildman–Crippen LogP) is 3.04. The van der Waals surface area contributed by atoms with Crippen LogP contribution in [0.25, 0.3) is 0 Å². The van der Waals surface area contributed by atoms with Crippen LogP contribution in [-0.4, -0.2) is 29.5 Å². The third-order valence-corrected chi connectivity index (χ3v) is 3.51. The molecule has 1 N–H and O–H groups in total. The summed E-state index contributed by atoms with van der Waals surface area (Å²) < 4.78 is 0. The highest BCUT2D eigenvalue weighted by molar-refractivity contribution is 7.09. The van der Waals surface area contributed by atoms with E-state index < -0.39 is 0 Å². The molecule has 0 spiro atoms. The lowest BCUT2D eigenvalue weighted by Gasteiger charge is -2.18. The van der Waals surface area contributed by atoms with Crippen molar-refractivity contribution < 1.29 is 0 Å². The van der Waals surface area contributed by atoms with Gasteiger partial charge in [0.2, 0.25) is 0 Å². The fraction of sp³-hybridized carbons (Fsp3) is 0.643. The third kappa shape index (κ3) is 5.76. The van der Waals surface area contributed by atoms with E-state index in [9.17, 15) is 0 Å². The van der Waals surface area contributed by atoms with E-state index in [0.717, 1.165) is 32.7 Å². The monoisotopic (exact) mass is 267 g/mol. The first kappa shape index (κ1) is 15.3. The van der Waals surface area contributed by atoms with E-state index in [1.54, 1.807) is 11.3 Å². The zero-order valence-electron chi connectivity index (χ0n) is 11.6. The number of hydrogen-bond acceptors (Lipinski definition) is 4. The van der Waals surface area contributed by atoms with Crippen LogP contribution in [0, 0.1) is 0 Å². The second-order valence-electron chi connectivity index (χ2n) is 4.43. The minimum absolute atomic E-state index is 0.897. The fourth-order valence-corrected chi connectivity index (χ4v) is 2.59. The summed E-state index contributed by atoms with van der Waals surface area (Å²) >= 11 is 1.75. The van der Waals surface area contributed by atoms with Gasteiger partial charge in [0.05, 0.1) is 5.69 Å². The molecule has 0 saturated carbocycles. The van der Waals surface area contributed by atoms with Crippen LogP contribution >= 0.6 is 11.3 Å². The summed E-state index contributed by atoms with van der Waals surface area (Å²) in [7, 11) is 0. The summed E-state index contributed by atoms with van der Waals surface area (Å²) in [6, 6.07) is 0. The average molecular weight is 267 g/mol. The molecule has 0 aromatic carbocycles. The maximum atomic E-state index is 4.67. The topological polar surface area (TPSA) is 28.2 Å². The molecule has 0 aliphatic carbocycles. The SMILES string of the molecule is C=CCN(CCC)Cc1csc(CNCCC)n1. The fourth-order valence-electron chi connectivity index (χ4n) is 1.84. The van der Waals surface area contributed by atoms with Gasteiger partial charge in [-0.1, -0.05) is 19.9 Å². The van der Waals surface area contributed by atoms with Crippen molar-refractivity contribution in [3.8, 4) is 0 Å². The summed E-state index contributed by atoms with van der Waals surface area (Å²) in [5.74, 6) is 0. The first-order valence-corrected chi connectivity index (χ1v) is 7.65. The Bertz CT molecular complexity index is 336. The van der Waals surface area contributed by atoms with Crippen molar-refractivity contribution in [1.82, 2.24) is 15.2 Å². The standard InChI is InChI=1S/C14H25N3S/c1-4-7-15-10-14-16-13(12-18-14)11-17(8-5-2)9-6-3/h5,12,15H,2,4,6-11H2,1,3H3. The Morgan fingerprint density at radius 1 is 1.44 bits per heavy atom. The van der Waals surface area contributed by atoms with Crippen LogP contribution < -0.4 is 5.32 Å². The van der Waals surface area contributed by atoms with Gasteiger partial charge in [-0.15, -0.1) is 17.9 Å². The molecule has 0 radical (unpaired) electrons. The van der Waals surface area contributed by atoms with E-state index >= 15 is 0 Å². The third-order valence-electron chi connectivity index (χ3n) is 2.62. The first-order valence-electron chi connectivity index (χ1n) is 6.77. The molecule has 3 nitrogen and oxygen atoms in total. The van der Waals surface area contributed by atoms with Gasteiger partial charge < -0.3 is 5.32 Å². The molecule has 1 aromatic rings. The molecule has 4 heteroatoms. The van der Waals surface area contributed by atoms with Crippen molar-refractivity contribution in [2.24, 2.45) is 0 Å². The van der Waals surface area contributed by atoms with E-state index in [0.29, 0.717) is 0 Å². The number of thiazole rings is 1. The van der Waals surface area contributed by atoms with E-state index in [1.165, 1.54) is 23.5 Å². The number of hydrogen-bond donors (Lipinski definition) is 1. The van der Waals surface area contributed by atoms with E-state index in [-0.39, 0.29) is 0 Å². The Morgan fingerprint density at radius 2 is 2.28 bits per heavy atom. The molecule has 1 rings (SSSR count). The van der Waals surface area contributed by atoms with E-state index in [1.807, 2.05) is 6.08 Å². The van der Waals surface area contributed by atoms with Crippen LogP contribution in [0.4, 0.5) is 0 Å². The molecule has 102 valence electrons. The molecule has 0 saturated heterocycles. The Kier molecular flexibility index (Phi) is 7.89. The maximum absolute atomic E-state index is 4.67. The molecular formula is C14H25N3S. The van der Waals surface area contributed by atoms with Crippen molar-refractivity contribution in [3.63, 3.8) is 0 Å². The van der Waals surface area contributed by atoms with Crippen LogP contribution in [0.2, 0.25) is 0 Å². The molecule has 0 aliphatic rings. The van der Waals surface area contributed by atoms with Gasteiger partial charge >= 0.3 is 0 Å². The van der Waals surface area contributed by atoms with Crippen molar-refractivity contribution in [2.45, 2.75) is 39.8 Å². The van der Waals surface area contributed by atoms with Gasteiger partial charge in [0.25, 0.3) is 0 Å². The Labute approximate surface area is 115 Å². The van der Waals surface area contributed by atoms with Crippen molar-refractivity contribution in [3.05, 3.63) is 28.7 Å². The minimum atomic E-state index is 0.897. The summed E-state index contributed by atoms with van der Waals surface area (Å²) in [4.78, 5) is 7.05. The molecule has 0 aliphatic heterocycles. The summed E-state index contributed by atoms with van der Waals surface area (Å²) in [6.07, 6.45) is 4.30. The summed E-state index contributed by atoms with van der Waals surface area (Å²) in [5.41, 5.74) is 1.18. The number of aromatic nitrogens is 1. The van der Waals surface area contributed by atoms with Gasteiger partial charge in [0.1, 0.15) is 5.01 Å². The van der Waals surface area contributed by atoms with Crippen LogP contribution in [0.1, 0.15) is 37.4 Å². The molecule has 0 fully saturated rings. The maximum Gasteiger partial charge on any atom is 0.107 e. The molecule has 0 unspecified atom stereocenters. The molecule has 0 atom stereocenters. The van der Waals surface area contributed by atoms with Crippen LogP contribution in [0.15, 0.2) is 18.0 Å². The predicted molar refractivity (Wildman–Crippen MR) is 79.9 cm³/mol. The Morgan fingerprint density at radius 3 is 2.94 bits per heavy atom. The van der Waals surface area contributed by atoms with E-state index in [4.69, 9.17) is 0 Å². The lowest BCUT2D eigenvalue weighted by atomic mass is 10.3. The van der Waals surface area contributed by atoms with Gasteiger partial charge in [0, 0.05) is 25.0 Å². The highest BCUT2D eigenvalue weighted by atomic mass is 32.1. The van der Waals surface area contributed by atoms with Gasteiger partial charge in [-0.05, 0) is 25.9 Å². The molecular weight excluding hydrogens is 242 g/mol. The Hall–Kier alpha value is -0.710. The lowest BCUT2D eigenvalue weighted by molar-refractivity contribution is 0.292. The van der Waals surface area contributed by atoms with Crippen molar-refractivity contribution in [2.75, 3.05) is 19.6 Å². The van der Waals surface area contributed by atoms with E-state index in [2.05, 4.69) is 41.0 Å². The second kappa shape index (κ2) is 9.25. The number of nitrogens with zero attached hydrogens (tertiary/aromatic N) is 2. The smallest absolute Gasteiger partial charge is 0.107 e. The highest BCUT2D eigenvalue weighted by Gasteiger charge is 2.06. The molecule has 0 amide bonds. The largest absolute Gasteiger partial charge is 0.310 e. The summed E-state index contributed by atoms with van der Waals surface area (Å²) in [6.45, 7) is 13.1. The highest BCUT2D eigenvalue weighted by Crippen LogP contribution is 2.12. The van der Waals surface area contributed by atoms with Crippen LogP contribution in [0.5, 0.6) is 0 Å². The molecule has 18 heavy (non-hydrogen) atoms. The summed E-state index contributed by atoms with van der Waals surface area (Å²) in [5, 5.41) is 6.75. The number of nitrogens with one attached hydrogen (secondary N) is 1. The van der Waals surface area contributed by atoms with Crippen molar-refractivity contribution >= 4 is 11.3 Å². The minimum Gasteiger partial charge on any atom is -0.310 e. The van der Waals surface area contributed by atoms with Gasteiger partial charge in [-0.25, -0.2) is 4.98 Å². The number of rotatable bonds is 10. The van der Waals surface area contributed by atoms with Gasteiger partial charge in [0.15, 0.2) is 0 Å².